The molecule has 0 amide bonds. The quantitative estimate of drug-likeness (QED) is 0.770. The second-order valence-corrected chi connectivity index (χ2v) is 5.11. The summed E-state index contributed by atoms with van der Waals surface area (Å²) in [6.07, 6.45) is 1.01. The third-order valence-electron chi connectivity index (χ3n) is 1.92. The lowest BCUT2D eigenvalue weighted by Crippen LogP contribution is -2.22. The van der Waals surface area contributed by atoms with Crippen LogP contribution in [0.3, 0.4) is 0 Å². The molecule has 1 aromatic rings. The van der Waals surface area contributed by atoms with E-state index in [1.807, 2.05) is 0 Å². The van der Waals surface area contributed by atoms with Gasteiger partial charge >= 0.3 is 5.97 Å². The van der Waals surface area contributed by atoms with Gasteiger partial charge in [-0.3, -0.25) is 4.79 Å². The molecule has 15 heavy (non-hydrogen) atoms. The van der Waals surface area contributed by atoms with Crippen molar-refractivity contribution in [1.82, 2.24) is 0 Å². The number of benzene rings is 1. The lowest BCUT2D eigenvalue weighted by atomic mass is 10.1. The van der Waals surface area contributed by atoms with Crippen molar-refractivity contribution in [2.45, 2.75) is 10.9 Å². The fourth-order valence-electron chi connectivity index (χ4n) is 1.21. The molecule has 1 rings (SSSR count). The summed E-state index contributed by atoms with van der Waals surface area (Å²) < 4.78 is 22.7. The molecule has 1 aromatic carbocycles. The van der Waals surface area contributed by atoms with Gasteiger partial charge in [0.15, 0.2) is 9.84 Å². The Bertz CT molecular complexity index is 481. The highest BCUT2D eigenvalue weighted by Gasteiger charge is 2.21. The SMILES string of the molecule is CS(=O)(=O)c1ccccc1C(N)C(=O)O. The number of rotatable bonds is 3. The molecule has 5 nitrogen and oxygen atoms in total. The minimum Gasteiger partial charge on any atom is -0.480 e. The van der Waals surface area contributed by atoms with E-state index in [1.54, 1.807) is 6.07 Å². The third kappa shape index (κ3) is 2.54. The number of carboxylic acid groups (broad SMARTS) is 1. The van der Waals surface area contributed by atoms with E-state index >= 15 is 0 Å². The van der Waals surface area contributed by atoms with Crippen LogP contribution in [0, 0.1) is 0 Å². The van der Waals surface area contributed by atoms with Gasteiger partial charge in [0.2, 0.25) is 0 Å². The van der Waals surface area contributed by atoms with E-state index in [9.17, 15) is 13.2 Å². The summed E-state index contributed by atoms with van der Waals surface area (Å²) in [5.41, 5.74) is 5.48. The Kier molecular flexibility index (Phi) is 3.11. The smallest absolute Gasteiger partial charge is 0.325 e. The Morgan fingerprint density at radius 2 is 1.93 bits per heavy atom. The van der Waals surface area contributed by atoms with Crippen molar-refractivity contribution < 1.29 is 18.3 Å². The number of carbonyl (C=O) groups is 1. The van der Waals surface area contributed by atoms with Crippen molar-refractivity contribution in [3.63, 3.8) is 0 Å². The second kappa shape index (κ2) is 4.00. The normalized spacial score (nSPS) is 13.5. The zero-order valence-electron chi connectivity index (χ0n) is 8.04. The molecule has 0 bridgehead atoms. The Morgan fingerprint density at radius 3 is 2.40 bits per heavy atom. The molecular weight excluding hydrogens is 218 g/mol. The predicted molar refractivity (Wildman–Crippen MR) is 54.1 cm³/mol. The van der Waals surface area contributed by atoms with Crippen LogP contribution in [0.15, 0.2) is 29.2 Å². The van der Waals surface area contributed by atoms with Gasteiger partial charge in [0.25, 0.3) is 0 Å². The van der Waals surface area contributed by atoms with E-state index in [1.165, 1.54) is 18.2 Å². The zero-order valence-corrected chi connectivity index (χ0v) is 8.86. The summed E-state index contributed by atoms with van der Waals surface area (Å²) in [6, 6.07) is 4.49. The molecular formula is C9H11NO4S. The molecule has 0 heterocycles. The highest BCUT2D eigenvalue weighted by atomic mass is 32.2. The molecule has 0 saturated carbocycles. The molecule has 0 aliphatic carbocycles. The van der Waals surface area contributed by atoms with Gasteiger partial charge in [-0.15, -0.1) is 0 Å². The molecule has 0 spiro atoms. The molecule has 0 aliphatic rings. The van der Waals surface area contributed by atoms with Crippen molar-refractivity contribution in [3.8, 4) is 0 Å². The van der Waals surface area contributed by atoms with Crippen molar-refractivity contribution in [2.24, 2.45) is 5.73 Å². The van der Waals surface area contributed by atoms with Gasteiger partial charge in [-0.2, -0.15) is 0 Å². The van der Waals surface area contributed by atoms with Crippen LogP contribution < -0.4 is 5.73 Å². The first-order valence-corrected chi connectivity index (χ1v) is 6.00. The fourth-order valence-corrected chi connectivity index (χ4v) is 2.16. The van der Waals surface area contributed by atoms with Crippen molar-refractivity contribution in [1.29, 1.82) is 0 Å². The largest absolute Gasteiger partial charge is 0.480 e. The summed E-state index contributed by atoms with van der Waals surface area (Å²) in [5, 5.41) is 8.71. The molecule has 1 unspecified atom stereocenters. The van der Waals surface area contributed by atoms with Gasteiger partial charge in [-0.1, -0.05) is 18.2 Å². The average molecular weight is 229 g/mol. The van der Waals surface area contributed by atoms with Gasteiger partial charge in [-0.25, -0.2) is 8.42 Å². The van der Waals surface area contributed by atoms with Crippen LogP contribution in [-0.2, 0) is 14.6 Å². The first-order valence-electron chi connectivity index (χ1n) is 4.11. The Morgan fingerprint density at radius 1 is 1.40 bits per heavy atom. The van der Waals surface area contributed by atoms with Crippen LogP contribution in [0.1, 0.15) is 11.6 Å². The Labute approximate surface area is 87.4 Å². The summed E-state index contributed by atoms with van der Waals surface area (Å²) in [5.74, 6) is -1.26. The molecule has 0 aliphatic heterocycles. The summed E-state index contributed by atoms with van der Waals surface area (Å²) in [6.45, 7) is 0. The monoisotopic (exact) mass is 229 g/mol. The first kappa shape index (κ1) is 11.7. The van der Waals surface area contributed by atoms with E-state index in [0.717, 1.165) is 6.26 Å². The molecule has 1 atom stereocenters. The number of nitrogens with two attached hydrogens (primary N) is 1. The van der Waals surface area contributed by atoms with E-state index in [4.69, 9.17) is 10.8 Å². The molecule has 6 heteroatoms. The van der Waals surface area contributed by atoms with Crippen LogP contribution in [-0.4, -0.2) is 25.7 Å². The first-order chi connectivity index (χ1) is 6.84. The van der Waals surface area contributed by atoms with Gasteiger partial charge in [0, 0.05) is 6.26 Å². The maximum absolute atomic E-state index is 11.3. The molecule has 0 saturated heterocycles. The fraction of sp³-hybridized carbons (Fsp3) is 0.222. The maximum Gasteiger partial charge on any atom is 0.325 e. The number of sulfone groups is 1. The van der Waals surface area contributed by atoms with Crippen molar-refractivity contribution in [3.05, 3.63) is 29.8 Å². The minimum absolute atomic E-state index is 0.0418. The zero-order chi connectivity index (χ0) is 11.6. The van der Waals surface area contributed by atoms with Gasteiger partial charge in [0.1, 0.15) is 6.04 Å². The maximum atomic E-state index is 11.3. The predicted octanol–water partition coefficient (Wildman–Crippen LogP) is 0.175. The van der Waals surface area contributed by atoms with Crippen LogP contribution in [0.5, 0.6) is 0 Å². The Balaban J connectivity index is 3.37. The summed E-state index contributed by atoms with van der Waals surface area (Å²) in [4.78, 5) is 10.6. The second-order valence-electron chi connectivity index (χ2n) is 3.13. The lowest BCUT2D eigenvalue weighted by molar-refractivity contribution is -0.138. The van der Waals surface area contributed by atoms with Crippen LogP contribution in [0.4, 0.5) is 0 Å². The third-order valence-corrected chi connectivity index (χ3v) is 3.09. The van der Waals surface area contributed by atoms with E-state index in [-0.39, 0.29) is 10.5 Å². The van der Waals surface area contributed by atoms with Crippen LogP contribution >= 0.6 is 0 Å². The molecule has 82 valence electrons. The molecule has 0 aromatic heterocycles. The highest BCUT2D eigenvalue weighted by Crippen LogP contribution is 2.20. The lowest BCUT2D eigenvalue weighted by Gasteiger charge is -2.10. The van der Waals surface area contributed by atoms with E-state index < -0.39 is 21.8 Å². The Hall–Kier alpha value is -1.40. The van der Waals surface area contributed by atoms with Gasteiger partial charge < -0.3 is 10.8 Å². The van der Waals surface area contributed by atoms with Crippen molar-refractivity contribution in [2.75, 3.05) is 6.26 Å². The summed E-state index contributed by atoms with van der Waals surface area (Å²) in [7, 11) is -3.46. The highest BCUT2D eigenvalue weighted by molar-refractivity contribution is 7.90. The van der Waals surface area contributed by atoms with E-state index in [2.05, 4.69) is 0 Å². The number of aliphatic carboxylic acids is 1. The van der Waals surface area contributed by atoms with Crippen LogP contribution in [0.2, 0.25) is 0 Å². The topological polar surface area (TPSA) is 97.5 Å². The minimum atomic E-state index is -3.46. The summed E-state index contributed by atoms with van der Waals surface area (Å²) >= 11 is 0. The van der Waals surface area contributed by atoms with Crippen molar-refractivity contribution >= 4 is 15.8 Å². The van der Waals surface area contributed by atoms with Gasteiger partial charge in [-0.05, 0) is 11.6 Å². The number of hydrogen-bond acceptors (Lipinski definition) is 4. The molecule has 0 fully saturated rings. The number of carboxylic acids is 1. The molecule has 3 N–H and O–H groups in total. The van der Waals surface area contributed by atoms with Gasteiger partial charge in [0.05, 0.1) is 4.90 Å². The van der Waals surface area contributed by atoms with E-state index in [0.29, 0.717) is 0 Å². The average Bonchev–Trinajstić information content (AvgIpc) is 2.15. The standard InChI is InChI=1S/C9H11NO4S/c1-15(13,14)7-5-3-2-4-6(7)8(10)9(11)12/h2-5,8H,10H2,1H3,(H,11,12). The molecule has 0 radical (unpaired) electrons. The van der Waals surface area contributed by atoms with Crippen LogP contribution in [0.25, 0.3) is 0 Å². The number of hydrogen-bond donors (Lipinski definition) is 2.